The standard InChI is InChI=1S/C20H20N2O2/c1-20(21-18(23)16-11-7-4-8-12-16)17(13-14-22(2)19(20)24)15-9-5-3-6-10-15/h3-14,17H,1-2H3,(H,21,23)/t17-,20-/m1/s1. The molecule has 4 heteroatoms. The van der Waals surface area contributed by atoms with Gasteiger partial charge in [0.05, 0.1) is 0 Å². The number of amides is 2. The third-order valence-electron chi connectivity index (χ3n) is 4.46. The Labute approximate surface area is 141 Å². The van der Waals surface area contributed by atoms with Crippen LogP contribution < -0.4 is 5.32 Å². The molecule has 24 heavy (non-hydrogen) atoms. The highest BCUT2D eigenvalue weighted by Crippen LogP contribution is 2.34. The first-order valence-electron chi connectivity index (χ1n) is 7.90. The second kappa shape index (κ2) is 6.32. The number of carbonyl (C=O) groups excluding carboxylic acids is 2. The van der Waals surface area contributed by atoms with E-state index in [1.165, 1.54) is 4.90 Å². The van der Waals surface area contributed by atoms with Crippen LogP contribution in [0.4, 0.5) is 0 Å². The summed E-state index contributed by atoms with van der Waals surface area (Å²) < 4.78 is 0. The minimum absolute atomic E-state index is 0.136. The van der Waals surface area contributed by atoms with Crippen LogP contribution in [0.15, 0.2) is 72.9 Å². The van der Waals surface area contributed by atoms with E-state index < -0.39 is 5.54 Å². The molecule has 1 heterocycles. The molecule has 2 aromatic carbocycles. The number of hydrogen-bond donors (Lipinski definition) is 1. The molecule has 0 unspecified atom stereocenters. The number of nitrogens with one attached hydrogen (secondary N) is 1. The number of benzene rings is 2. The molecule has 0 aliphatic carbocycles. The molecule has 1 aliphatic rings. The molecular weight excluding hydrogens is 300 g/mol. The third-order valence-corrected chi connectivity index (χ3v) is 4.46. The minimum atomic E-state index is -1.04. The maximum atomic E-state index is 12.9. The molecule has 2 aromatic rings. The van der Waals surface area contributed by atoms with Gasteiger partial charge in [-0.05, 0) is 24.6 Å². The van der Waals surface area contributed by atoms with Crippen molar-refractivity contribution in [2.24, 2.45) is 0 Å². The van der Waals surface area contributed by atoms with Crippen LogP contribution in [0.5, 0.6) is 0 Å². The van der Waals surface area contributed by atoms with Gasteiger partial charge >= 0.3 is 0 Å². The molecule has 0 fully saturated rings. The lowest BCUT2D eigenvalue weighted by molar-refractivity contribution is -0.135. The fraction of sp³-hybridized carbons (Fsp3) is 0.200. The van der Waals surface area contributed by atoms with Gasteiger partial charge in [-0.25, -0.2) is 0 Å². The molecular formula is C20H20N2O2. The van der Waals surface area contributed by atoms with Crippen LogP contribution in [0, 0.1) is 0 Å². The van der Waals surface area contributed by atoms with Crippen LogP contribution in [0.3, 0.4) is 0 Å². The lowest BCUT2D eigenvalue weighted by Crippen LogP contribution is -2.61. The van der Waals surface area contributed by atoms with Gasteiger partial charge in [0.25, 0.3) is 11.8 Å². The molecule has 0 aromatic heterocycles. The highest BCUT2D eigenvalue weighted by atomic mass is 16.2. The SMILES string of the molecule is CN1C=C[C@H](c2ccccc2)[C@@](C)(NC(=O)c2ccccc2)C1=O. The number of carbonyl (C=O) groups is 2. The van der Waals surface area contributed by atoms with Crippen LogP contribution in [0.25, 0.3) is 0 Å². The van der Waals surface area contributed by atoms with Crippen molar-refractivity contribution in [3.8, 4) is 0 Å². The van der Waals surface area contributed by atoms with E-state index in [0.717, 1.165) is 5.56 Å². The van der Waals surface area contributed by atoms with Gasteiger partial charge in [-0.1, -0.05) is 54.6 Å². The summed E-state index contributed by atoms with van der Waals surface area (Å²) in [7, 11) is 1.70. The first-order chi connectivity index (χ1) is 11.5. The van der Waals surface area contributed by atoms with Crippen molar-refractivity contribution in [2.45, 2.75) is 18.4 Å². The molecule has 1 aliphatic heterocycles. The van der Waals surface area contributed by atoms with Gasteiger partial charge in [-0.15, -0.1) is 0 Å². The summed E-state index contributed by atoms with van der Waals surface area (Å²) in [5.41, 5.74) is 0.485. The molecule has 0 saturated heterocycles. The summed E-state index contributed by atoms with van der Waals surface area (Å²) in [6.07, 6.45) is 3.72. The predicted molar refractivity (Wildman–Crippen MR) is 93.4 cm³/mol. The first kappa shape index (κ1) is 16.0. The van der Waals surface area contributed by atoms with E-state index in [1.54, 1.807) is 44.4 Å². The average Bonchev–Trinajstić information content (AvgIpc) is 2.61. The Morgan fingerprint density at radius 1 is 1.04 bits per heavy atom. The Bertz CT molecular complexity index is 771. The molecule has 4 nitrogen and oxygen atoms in total. The molecule has 122 valence electrons. The summed E-state index contributed by atoms with van der Waals surface area (Å²) in [6, 6.07) is 18.7. The van der Waals surface area contributed by atoms with E-state index in [1.807, 2.05) is 42.5 Å². The number of likely N-dealkylation sites (N-methyl/N-ethyl adjacent to an activating group) is 1. The maximum Gasteiger partial charge on any atom is 0.252 e. The Kier molecular flexibility index (Phi) is 4.21. The molecule has 2 amide bonds. The van der Waals surface area contributed by atoms with Gasteiger partial charge in [0.2, 0.25) is 0 Å². The van der Waals surface area contributed by atoms with Gasteiger partial charge in [0.15, 0.2) is 0 Å². The monoisotopic (exact) mass is 320 g/mol. The molecule has 2 atom stereocenters. The maximum absolute atomic E-state index is 12.9. The van der Waals surface area contributed by atoms with Gasteiger partial charge < -0.3 is 10.2 Å². The van der Waals surface area contributed by atoms with Gasteiger partial charge in [-0.3, -0.25) is 9.59 Å². The number of nitrogens with zero attached hydrogens (tertiary/aromatic N) is 1. The summed E-state index contributed by atoms with van der Waals surface area (Å²) in [5.74, 6) is -0.616. The lowest BCUT2D eigenvalue weighted by Gasteiger charge is -2.41. The molecule has 0 bridgehead atoms. The highest BCUT2D eigenvalue weighted by Gasteiger charge is 2.45. The van der Waals surface area contributed by atoms with Crippen LogP contribution in [0.2, 0.25) is 0 Å². The lowest BCUT2D eigenvalue weighted by atomic mass is 9.77. The Morgan fingerprint density at radius 3 is 2.25 bits per heavy atom. The van der Waals surface area contributed by atoms with E-state index in [0.29, 0.717) is 5.56 Å². The van der Waals surface area contributed by atoms with Gasteiger partial charge in [-0.2, -0.15) is 0 Å². The van der Waals surface area contributed by atoms with Crippen LogP contribution >= 0.6 is 0 Å². The minimum Gasteiger partial charge on any atom is -0.337 e. The largest absolute Gasteiger partial charge is 0.337 e. The summed E-state index contributed by atoms with van der Waals surface area (Å²) in [4.78, 5) is 27.0. The zero-order chi connectivity index (χ0) is 17.2. The highest BCUT2D eigenvalue weighted by molar-refractivity contribution is 6.00. The summed E-state index contributed by atoms with van der Waals surface area (Å²) >= 11 is 0. The van der Waals surface area contributed by atoms with E-state index in [2.05, 4.69) is 5.32 Å². The quantitative estimate of drug-likeness (QED) is 0.945. The average molecular weight is 320 g/mol. The van der Waals surface area contributed by atoms with E-state index in [-0.39, 0.29) is 17.7 Å². The van der Waals surface area contributed by atoms with Crippen molar-refractivity contribution in [1.82, 2.24) is 10.2 Å². The topological polar surface area (TPSA) is 49.4 Å². The van der Waals surface area contributed by atoms with Crippen molar-refractivity contribution in [1.29, 1.82) is 0 Å². The summed E-state index contributed by atoms with van der Waals surface area (Å²) in [6.45, 7) is 1.79. The smallest absolute Gasteiger partial charge is 0.252 e. The normalized spacial score (nSPS) is 23.2. The zero-order valence-electron chi connectivity index (χ0n) is 13.8. The molecule has 3 rings (SSSR count). The second-order valence-corrected chi connectivity index (χ2v) is 6.17. The Morgan fingerprint density at radius 2 is 1.62 bits per heavy atom. The van der Waals surface area contributed by atoms with Crippen molar-refractivity contribution >= 4 is 11.8 Å². The molecule has 1 N–H and O–H groups in total. The Hall–Kier alpha value is -2.88. The molecule has 0 saturated carbocycles. The van der Waals surface area contributed by atoms with Crippen molar-refractivity contribution in [3.05, 3.63) is 84.1 Å². The van der Waals surface area contributed by atoms with E-state index in [9.17, 15) is 9.59 Å². The second-order valence-electron chi connectivity index (χ2n) is 6.17. The van der Waals surface area contributed by atoms with E-state index in [4.69, 9.17) is 0 Å². The van der Waals surface area contributed by atoms with Gasteiger partial charge in [0, 0.05) is 24.7 Å². The molecule has 0 spiro atoms. The third kappa shape index (κ3) is 2.83. The fourth-order valence-electron chi connectivity index (χ4n) is 3.11. The Balaban J connectivity index is 1.98. The van der Waals surface area contributed by atoms with Crippen LogP contribution in [0.1, 0.15) is 28.8 Å². The van der Waals surface area contributed by atoms with Crippen LogP contribution in [-0.4, -0.2) is 29.3 Å². The predicted octanol–water partition coefficient (Wildman–Crippen LogP) is 2.94. The van der Waals surface area contributed by atoms with Crippen molar-refractivity contribution in [2.75, 3.05) is 7.05 Å². The number of rotatable bonds is 3. The first-order valence-corrected chi connectivity index (χ1v) is 7.90. The summed E-state index contributed by atoms with van der Waals surface area (Å²) in [5, 5.41) is 2.96. The zero-order valence-corrected chi connectivity index (χ0v) is 13.8. The van der Waals surface area contributed by atoms with Crippen molar-refractivity contribution in [3.63, 3.8) is 0 Å². The van der Waals surface area contributed by atoms with Gasteiger partial charge in [0.1, 0.15) is 5.54 Å². The van der Waals surface area contributed by atoms with Crippen LogP contribution in [-0.2, 0) is 4.79 Å². The number of hydrogen-bond acceptors (Lipinski definition) is 2. The molecule has 0 radical (unpaired) electrons. The van der Waals surface area contributed by atoms with Crippen molar-refractivity contribution < 1.29 is 9.59 Å². The fourth-order valence-corrected chi connectivity index (χ4v) is 3.11. The van der Waals surface area contributed by atoms with E-state index >= 15 is 0 Å².